The number of ether oxygens (including phenoxy) is 5. The molecule has 5 N–H and O–H groups in total. The largest absolute Gasteiger partial charge is 0.479 e. The Morgan fingerprint density at radius 1 is 0.331 bits per heavy atom. The van der Waals surface area contributed by atoms with Gasteiger partial charge in [0.25, 0.3) is 0 Å². The number of carboxylic acid groups (broad SMARTS) is 1. The van der Waals surface area contributed by atoms with Gasteiger partial charge in [0.15, 0.2) is 6.10 Å². The van der Waals surface area contributed by atoms with Crippen LogP contribution in [0.15, 0.2) is 179 Å². The molecule has 28 heteroatoms. The highest BCUT2D eigenvalue weighted by atomic mass is 35.5. The van der Waals surface area contributed by atoms with E-state index in [4.69, 9.17) is 81.7 Å². The summed E-state index contributed by atoms with van der Waals surface area (Å²) < 4.78 is 34.8. The molecule has 18 nitrogen and oxygen atoms in total. The van der Waals surface area contributed by atoms with Gasteiger partial charge in [0.05, 0.1) is 119 Å². The van der Waals surface area contributed by atoms with E-state index in [0.717, 1.165) is 157 Å². The van der Waals surface area contributed by atoms with Gasteiger partial charge in [-0.15, -0.1) is 56.7 Å². The number of rotatable bonds is 20. The smallest absolute Gasteiger partial charge is 0.337 e. The zero-order valence-corrected chi connectivity index (χ0v) is 84.1. The molecule has 0 saturated carbocycles. The molecule has 684 valence electrons. The summed E-state index contributed by atoms with van der Waals surface area (Å²) in [4.78, 5) is 58.9. The fraction of sp³-hybridized carbons (Fsp3) is 0.333. The lowest BCUT2D eigenvalue weighted by Crippen LogP contribution is -2.30. The third kappa shape index (κ3) is 25.4. The van der Waals surface area contributed by atoms with E-state index >= 15 is 0 Å². The van der Waals surface area contributed by atoms with E-state index in [1.54, 1.807) is 72.1 Å². The van der Waals surface area contributed by atoms with Crippen molar-refractivity contribution in [2.24, 2.45) is 10.8 Å². The molecule has 0 aliphatic heterocycles. The zero-order valence-electron chi connectivity index (χ0n) is 76.2. The van der Waals surface area contributed by atoms with E-state index in [9.17, 15) is 39.9 Å². The summed E-state index contributed by atoms with van der Waals surface area (Å²) in [6.07, 6.45) is -3.76. The van der Waals surface area contributed by atoms with Crippen LogP contribution in [0.5, 0.6) is 0 Å². The second-order valence-electron chi connectivity index (χ2n) is 36.4. The molecule has 5 heterocycles. The number of hydrogen-bond acceptors (Lipinski definition) is 22. The van der Waals surface area contributed by atoms with Crippen LogP contribution in [0.3, 0.4) is 0 Å². The number of aryl methyl sites for hydroxylation is 5. The molecule has 0 aliphatic rings. The van der Waals surface area contributed by atoms with E-state index in [0.29, 0.717) is 30.7 Å². The molecule has 130 heavy (non-hydrogen) atoms. The summed E-state index contributed by atoms with van der Waals surface area (Å²) in [6, 6.07) is 47.9. The van der Waals surface area contributed by atoms with Crippen LogP contribution < -0.4 is 0 Å². The number of carbonyl (C=O) groups is 3. The Balaban J connectivity index is 0.000000158. The number of carbonyl (C=O) groups excluding carboxylic acids is 2. The van der Waals surface area contributed by atoms with Crippen molar-refractivity contribution in [1.29, 1.82) is 0 Å². The first-order chi connectivity index (χ1) is 61.1. The first-order valence-electron chi connectivity index (χ1n) is 42.0. The van der Waals surface area contributed by atoms with Gasteiger partial charge in [0, 0.05) is 58.5 Å². The summed E-state index contributed by atoms with van der Waals surface area (Å²) in [5, 5.41) is 53.7. The van der Waals surface area contributed by atoms with E-state index in [1.165, 1.54) is 34.0 Å². The van der Waals surface area contributed by atoms with Crippen molar-refractivity contribution in [1.82, 2.24) is 24.9 Å². The normalized spacial score (nSPS) is 13.1. The summed E-state index contributed by atoms with van der Waals surface area (Å²) in [6.45, 7) is 38.0. The molecule has 0 aliphatic carbocycles. The maximum atomic E-state index is 12.5. The number of aromatic nitrogens is 5. The third-order valence-corrected chi connectivity index (χ3v) is 26.1. The monoisotopic (exact) mass is 1950 g/mol. The SMILES string of the molecule is Cc1cc2ncsc2c(-c2ccc(Cl)cc2)c1[C@@H](CO)OC(C)(C)C.Cc1cc2ncsc2c(-c2ccc(Cl)cc2)c1[C@@H](COC(=O)C(C)(C)C)OC(C)(C)C.Cc1cc2ncsc2c(-c2ccc(Cl)cc2)c1[C@H](O)CO.Cc1cc2ncsc2c(-c2ccc(Cl)cc2)c1[C@H](O)COC(=O)C(C)(C)C.Cc1cc2ncsc2c(-c2ccc(Cl)cc2)c1[C@H](OC(C)(C)C)C(=O)O. The van der Waals surface area contributed by atoms with Gasteiger partial charge in [-0.3, -0.25) is 9.59 Å². The van der Waals surface area contributed by atoms with Gasteiger partial charge in [-0.2, -0.15) is 0 Å². The molecule has 10 aromatic carbocycles. The van der Waals surface area contributed by atoms with Crippen molar-refractivity contribution in [2.75, 3.05) is 26.4 Å². The number of nitrogens with zero attached hydrogens (tertiary/aromatic N) is 5. The topological polar surface area (TPSA) is 263 Å². The van der Waals surface area contributed by atoms with Crippen LogP contribution in [0.25, 0.3) is 107 Å². The predicted molar refractivity (Wildman–Crippen MR) is 537 cm³/mol. The van der Waals surface area contributed by atoms with Crippen molar-refractivity contribution < 1.29 is 63.6 Å². The number of thiazole rings is 5. The number of esters is 2. The van der Waals surface area contributed by atoms with Gasteiger partial charge in [-0.1, -0.05) is 119 Å². The molecule has 0 fully saturated rings. The molecule has 0 spiro atoms. The quantitative estimate of drug-likeness (QED) is 0.0444. The van der Waals surface area contributed by atoms with Crippen molar-refractivity contribution in [2.45, 2.75) is 186 Å². The molecule has 0 radical (unpaired) electrons. The Kier molecular flexibility index (Phi) is 33.7. The molecule has 5 atom stereocenters. The molecule has 0 unspecified atom stereocenters. The second-order valence-corrected chi connectivity index (χ2v) is 42.9. The molecule has 15 rings (SSSR count). The summed E-state index contributed by atoms with van der Waals surface area (Å²) in [7, 11) is 0. The third-order valence-electron chi connectivity index (χ3n) is 20.6. The molecule has 5 aromatic heterocycles. The summed E-state index contributed by atoms with van der Waals surface area (Å²) in [5.41, 5.74) is 29.6. The Morgan fingerprint density at radius 3 is 0.831 bits per heavy atom. The van der Waals surface area contributed by atoms with Gasteiger partial charge in [0.2, 0.25) is 0 Å². The molecular weight excluding hydrogens is 1840 g/mol. The van der Waals surface area contributed by atoms with Crippen LogP contribution in [0.2, 0.25) is 25.1 Å². The fourth-order valence-electron chi connectivity index (χ4n) is 15.0. The highest BCUT2D eigenvalue weighted by molar-refractivity contribution is 7.18. The van der Waals surface area contributed by atoms with Gasteiger partial charge >= 0.3 is 17.9 Å². The van der Waals surface area contributed by atoms with Crippen molar-refractivity contribution in [3.05, 3.63) is 260 Å². The number of hydrogen-bond donors (Lipinski definition) is 5. The summed E-state index contributed by atoms with van der Waals surface area (Å²) in [5.74, 6) is -1.60. The van der Waals surface area contributed by atoms with Crippen LogP contribution in [0.1, 0.15) is 190 Å². The van der Waals surface area contributed by atoms with Gasteiger partial charge < -0.3 is 49.2 Å². The lowest BCUT2D eigenvalue weighted by molar-refractivity contribution is -0.162. The number of fused-ring (bicyclic) bond motifs is 5. The highest BCUT2D eigenvalue weighted by Crippen LogP contribution is 2.48. The minimum absolute atomic E-state index is 0.0803. The molecule has 0 saturated heterocycles. The zero-order chi connectivity index (χ0) is 95.0. The minimum atomic E-state index is -1.08. The molecule has 15 aromatic rings. The molecular formula is C102H108Cl5N5O13S5. The van der Waals surface area contributed by atoms with E-state index < -0.39 is 58.5 Å². The molecule has 0 bridgehead atoms. The minimum Gasteiger partial charge on any atom is -0.479 e. The van der Waals surface area contributed by atoms with Crippen LogP contribution in [0, 0.1) is 45.4 Å². The van der Waals surface area contributed by atoms with Crippen LogP contribution in [0.4, 0.5) is 0 Å². The Hall–Kier alpha value is -8.77. The summed E-state index contributed by atoms with van der Waals surface area (Å²) >= 11 is 38.0. The first-order valence-corrected chi connectivity index (χ1v) is 48.2. The van der Waals surface area contributed by atoms with Crippen LogP contribution in [-0.4, -0.2) is 112 Å². The average molecular weight is 1950 g/mol. The van der Waals surface area contributed by atoms with Crippen molar-refractivity contribution in [3.63, 3.8) is 0 Å². The Labute approximate surface area is 804 Å². The predicted octanol–water partition coefficient (Wildman–Crippen LogP) is 28.5. The van der Waals surface area contributed by atoms with Crippen molar-refractivity contribution >= 4 is 184 Å². The van der Waals surface area contributed by atoms with Crippen LogP contribution >= 0.6 is 115 Å². The number of aliphatic hydroxyl groups excluding tert-OH is 4. The van der Waals surface area contributed by atoms with Gasteiger partial charge in [-0.25, -0.2) is 29.7 Å². The second kappa shape index (κ2) is 43.1. The Bertz CT molecular complexity index is 6480. The number of carboxylic acids is 1. The van der Waals surface area contributed by atoms with E-state index in [1.807, 2.05) is 249 Å². The van der Waals surface area contributed by atoms with Gasteiger partial charge in [0.1, 0.15) is 37.6 Å². The van der Waals surface area contributed by atoms with E-state index in [-0.39, 0.29) is 44.0 Å². The number of halogens is 5. The number of aliphatic hydroxyl groups is 4. The highest BCUT2D eigenvalue weighted by Gasteiger charge is 2.36. The standard InChI is InChI=1S/C25H30ClNO3S.C21H22ClNO3S.C20H20ClNO3S.C20H22ClNO2S.C16H14ClNO2S/c1-15-12-18-22(31-14-27-18)21(16-8-10-17(26)11-9-16)20(15)19(30-25(5,6)7)13-29-23(28)24(2,3)4;1-12-9-15-19(27-11-23-15)18(13-5-7-14(22)8-6-13)17(12)16(24)10-26-20(25)21(2,3)4;1-11-9-14-18(26-10-22-14)16(12-5-7-13(21)8-6-12)15(11)17(19(23)24)25-20(2,3)4;1-12-9-15-19(25-11-22-15)18(13-5-7-14(21)8-6-13)17(12)16(10-23)24-20(2,3)4;1-9-6-12-16(21-8-18-12)15(14(9)13(20)7-19)10-2-4-11(17)5-3-10/h8-12,14,19H,13H2,1-7H3;5-9,11,16,24H,10H2,1-4H3;5-10,17H,1-4H3,(H,23,24);5-9,11,16,23H,10H2,1-4H3;2-6,8,13,19-20H,7H2,1H3/t19-;16-;17-;16-;13-/m11011/s1. The lowest BCUT2D eigenvalue weighted by atomic mass is 9.91. The number of benzene rings is 10. The lowest BCUT2D eigenvalue weighted by Gasteiger charge is -2.31. The Morgan fingerprint density at radius 2 is 0.569 bits per heavy atom. The van der Waals surface area contributed by atoms with Crippen LogP contribution in [-0.2, 0) is 38.1 Å². The van der Waals surface area contributed by atoms with Gasteiger partial charge in [-0.05, 0) is 307 Å². The fourth-order valence-corrected chi connectivity index (χ4v) is 19.9. The maximum Gasteiger partial charge on any atom is 0.337 e. The average Bonchev–Trinajstić information content (AvgIpc) is 1.82. The van der Waals surface area contributed by atoms with E-state index in [2.05, 4.69) is 44.0 Å². The molecule has 0 amide bonds. The maximum absolute atomic E-state index is 12.5. The van der Waals surface area contributed by atoms with Crippen molar-refractivity contribution in [3.8, 4) is 55.6 Å². The first kappa shape index (κ1) is 102. The number of aliphatic carboxylic acids is 1.